The van der Waals surface area contributed by atoms with Gasteiger partial charge >= 0.3 is 5.97 Å². The van der Waals surface area contributed by atoms with Crippen molar-refractivity contribution in [3.63, 3.8) is 0 Å². The van der Waals surface area contributed by atoms with Crippen LogP contribution in [0.15, 0.2) is 54.7 Å². The van der Waals surface area contributed by atoms with Crippen molar-refractivity contribution < 1.29 is 23.9 Å². The standard InChI is InChI=1S/C24H24N2O5/c1-15(27)18-8-10-20(11-9-18)25-24(30)16(2)31-23(29)14-22-21-7-5-4-6-19(21)12-13-26(22)17(3)28/h4-13,16,22H,14H2,1-3H3,(H,25,30)/t16-,22+/m0/s1. The first-order chi connectivity index (χ1) is 14.8. The van der Waals surface area contributed by atoms with E-state index in [1.54, 1.807) is 30.5 Å². The Morgan fingerprint density at radius 3 is 2.35 bits per heavy atom. The van der Waals surface area contributed by atoms with E-state index >= 15 is 0 Å². The predicted molar refractivity (Wildman–Crippen MR) is 116 cm³/mol. The predicted octanol–water partition coefficient (Wildman–Crippen LogP) is 3.72. The molecule has 2 aromatic carbocycles. The van der Waals surface area contributed by atoms with E-state index in [1.807, 2.05) is 30.3 Å². The van der Waals surface area contributed by atoms with Crippen molar-refractivity contribution in [3.8, 4) is 0 Å². The third-order valence-electron chi connectivity index (χ3n) is 5.07. The van der Waals surface area contributed by atoms with Crippen molar-refractivity contribution in [2.45, 2.75) is 39.3 Å². The molecule has 1 N–H and O–H groups in total. The van der Waals surface area contributed by atoms with Crippen molar-refractivity contribution in [3.05, 3.63) is 71.4 Å². The van der Waals surface area contributed by atoms with Crippen molar-refractivity contribution in [1.29, 1.82) is 0 Å². The van der Waals surface area contributed by atoms with Crippen molar-refractivity contribution in [2.24, 2.45) is 0 Å². The van der Waals surface area contributed by atoms with Gasteiger partial charge in [0, 0.05) is 24.4 Å². The summed E-state index contributed by atoms with van der Waals surface area (Å²) in [6.07, 6.45) is 2.38. The molecule has 0 aliphatic carbocycles. The number of amides is 2. The number of nitrogens with one attached hydrogen (secondary N) is 1. The Bertz CT molecular complexity index is 1040. The Morgan fingerprint density at radius 2 is 1.71 bits per heavy atom. The highest BCUT2D eigenvalue weighted by Crippen LogP contribution is 2.33. The van der Waals surface area contributed by atoms with Crippen LogP contribution in [-0.4, -0.2) is 34.6 Å². The SMILES string of the molecule is CC(=O)c1ccc(NC(=O)[C@H](C)OC(=O)C[C@@H]2c3ccccc3C=CN2C(C)=O)cc1. The number of ketones is 1. The Labute approximate surface area is 180 Å². The molecule has 0 saturated carbocycles. The lowest BCUT2D eigenvalue weighted by molar-refractivity contribution is -0.154. The average molecular weight is 420 g/mol. The van der Waals surface area contributed by atoms with Crippen LogP contribution < -0.4 is 5.32 Å². The van der Waals surface area contributed by atoms with Crippen molar-refractivity contribution in [2.75, 3.05) is 5.32 Å². The van der Waals surface area contributed by atoms with E-state index in [4.69, 9.17) is 4.74 Å². The zero-order chi connectivity index (χ0) is 22.5. The normalized spacial score (nSPS) is 15.6. The van der Waals surface area contributed by atoms with E-state index in [0.29, 0.717) is 11.3 Å². The first kappa shape index (κ1) is 22.0. The molecule has 31 heavy (non-hydrogen) atoms. The van der Waals surface area contributed by atoms with Gasteiger partial charge in [-0.05, 0) is 55.3 Å². The van der Waals surface area contributed by atoms with Crippen LogP contribution in [0.2, 0.25) is 0 Å². The zero-order valence-corrected chi connectivity index (χ0v) is 17.6. The van der Waals surface area contributed by atoms with E-state index in [1.165, 1.54) is 25.7 Å². The highest BCUT2D eigenvalue weighted by molar-refractivity contribution is 5.97. The molecule has 2 atom stereocenters. The Kier molecular flexibility index (Phi) is 6.65. The topological polar surface area (TPSA) is 92.8 Å². The molecule has 3 rings (SSSR count). The first-order valence-corrected chi connectivity index (χ1v) is 9.93. The second kappa shape index (κ2) is 9.38. The van der Waals surface area contributed by atoms with Gasteiger partial charge in [0.1, 0.15) is 0 Å². The van der Waals surface area contributed by atoms with Gasteiger partial charge in [0.05, 0.1) is 12.5 Å². The molecular weight excluding hydrogens is 396 g/mol. The fourth-order valence-corrected chi connectivity index (χ4v) is 3.40. The van der Waals surface area contributed by atoms with E-state index < -0.39 is 24.0 Å². The lowest BCUT2D eigenvalue weighted by atomic mass is 9.94. The number of fused-ring (bicyclic) bond motifs is 1. The minimum atomic E-state index is -1.03. The van der Waals surface area contributed by atoms with Crippen LogP contribution in [0, 0.1) is 0 Å². The van der Waals surface area contributed by atoms with Crippen molar-refractivity contribution >= 4 is 35.3 Å². The van der Waals surface area contributed by atoms with Gasteiger partial charge in [0.2, 0.25) is 5.91 Å². The number of ether oxygens (including phenoxy) is 1. The summed E-state index contributed by atoms with van der Waals surface area (Å²) in [5.74, 6) is -1.34. The molecule has 0 fully saturated rings. The molecule has 0 saturated heterocycles. The number of anilines is 1. The van der Waals surface area contributed by atoms with Gasteiger partial charge in [-0.1, -0.05) is 24.3 Å². The maximum atomic E-state index is 12.6. The first-order valence-electron chi connectivity index (χ1n) is 9.93. The molecule has 0 spiro atoms. The molecule has 2 aromatic rings. The van der Waals surface area contributed by atoms with E-state index in [2.05, 4.69) is 5.32 Å². The Hall–Kier alpha value is -3.74. The number of nitrogens with zero attached hydrogens (tertiary/aromatic N) is 1. The number of benzene rings is 2. The Morgan fingerprint density at radius 1 is 1.03 bits per heavy atom. The van der Waals surface area contributed by atoms with Gasteiger partial charge in [-0.2, -0.15) is 0 Å². The van der Waals surface area contributed by atoms with E-state index in [0.717, 1.165) is 11.1 Å². The summed E-state index contributed by atoms with van der Waals surface area (Å²) in [5, 5.41) is 2.66. The molecule has 1 aliphatic rings. The van der Waals surface area contributed by atoms with Crippen LogP contribution in [0.1, 0.15) is 54.7 Å². The van der Waals surface area contributed by atoms with E-state index in [-0.39, 0.29) is 18.1 Å². The smallest absolute Gasteiger partial charge is 0.309 e. The second-order valence-corrected chi connectivity index (χ2v) is 7.35. The average Bonchev–Trinajstić information content (AvgIpc) is 2.74. The fourth-order valence-electron chi connectivity index (χ4n) is 3.40. The van der Waals surface area contributed by atoms with Gasteiger partial charge in [0.15, 0.2) is 11.9 Å². The molecule has 0 unspecified atom stereocenters. The quantitative estimate of drug-likeness (QED) is 0.568. The molecule has 1 aliphatic heterocycles. The fraction of sp³-hybridized carbons (Fsp3) is 0.250. The minimum absolute atomic E-state index is 0.0705. The zero-order valence-electron chi connectivity index (χ0n) is 17.6. The molecule has 160 valence electrons. The summed E-state index contributed by atoms with van der Waals surface area (Å²) in [6, 6.07) is 13.5. The van der Waals surface area contributed by atoms with Gasteiger partial charge < -0.3 is 15.0 Å². The number of carbonyl (C=O) groups excluding carboxylic acids is 4. The monoisotopic (exact) mass is 420 g/mol. The van der Waals surface area contributed by atoms with Crippen LogP contribution in [0.25, 0.3) is 6.08 Å². The second-order valence-electron chi connectivity index (χ2n) is 7.35. The number of rotatable bonds is 6. The van der Waals surface area contributed by atoms with Crippen LogP contribution in [0.4, 0.5) is 5.69 Å². The van der Waals surface area contributed by atoms with Gasteiger partial charge in [0.25, 0.3) is 5.91 Å². The molecule has 0 radical (unpaired) electrons. The summed E-state index contributed by atoms with van der Waals surface area (Å²) in [5.41, 5.74) is 2.80. The summed E-state index contributed by atoms with van der Waals surface area (Å²) < 4.78 is 5.33. The minimum Gasteiger partial charge on any atom is -0.452 e. The van der Waals surface area contributed by atoms with Crippen LogP contribution >= 0.6 is 0 Å². The molecule has 7 nitrogen and oxygen atoms in total. The summed E-state index contributed by atoms with van der Waals surface area (Å²) >= 11 is 0. The van der Waals surface area contributed by atoms with Crippen LogP contribution in [-0.2, 0) is 19.1 Å². The molecule has 2 amide bonds. The molecule has 0 bridgehead atoms. The lowest BCUT2D eigenvalue weighted by Crippen LogP contribution is -2.35. The third-order valence-corrected chi connectivity index (χ3v) is 5.07. The number of carbonyl (C=O) groups is 4. The number of hydrogen-bond acceptors (Lipinski definition) is 5. The number of hydrogen-bond donors (Lipinski definition) is 1. The summed E-state index contributed by atoms with van der Waals surface area (Å²) in [7, 11) is 0. The Balaban J connectivity index is 1.63. The number of Topliss-reactive ketones (excluding diaryl/α,β-unsaturated/α-hetero) is 1. The van der Waals surface area contributed by atoms with Gasteiger partial charge in [-0.15, -0.1) is 0 Å². The number of esters is 1. The molecule has 0 aromatic heterocycles. The maximum Gasteiger partial charge on any atom is 0.309 e. The molecule has 7 heteroatoms. The van der Waals surface area contributed by atoms with Gasteiger partial charge in [-0.25, -0.2) is 0 Å². The molecular formula is C24H24N2O5. The lowest BCUT2D eigenvalue weighted by Gasteiger charge is -2.32. The largest absolute Gasteiger partial charge is 0.452 e. The summed E-state index contributed by atoms with van der Waals surface area (Å²) in [6.45, 7) is 4.38. The summed E-state index contributed by atoms with van der Waals surface area (Å²) in [4.78, 5) is 49.8. The highest BCUT2D eigenvalue weighted by atomic mass is 16.5. The van der Waals surface area contributed by atoms with Crippen LogP contribution in [0.3, 0.4) is 0 Å². The maximum absolute atomic E-state index is 12.6. The third kappa shape index (κ3) is 5.25. The van der Waals surface area contributed by atoms with Crippen molar-refractivity contribution in [1.82, 2.24) is 4.90 Å². The van der Waals surface area contributed by atoms with Gasteiger partial charge in [-0.3, -0.25) is 19.2 Å². The van der Waals surface area contributed by atoms with E-state index in [9.17, 15) is 19.2 Å². The highest BCUT2D eigenvalue weighted by Gasteiger charge is 2.30. The van der Waals surface area contributed by atoms with Crippen LogP contribution in [0.5, 0.6) is 0 Å². The molecule has 1 heterocycles.